The average Bonchev–Trinajstić information content (AvgIpc) is 2.97. The molecule has 90 valence electrons. The molecule has 1 unspecified atom stereocenters. The Kier molecular flexibility index (Phi) is 2.93. The van der Waals surface area contributed by atoms with E-state index in [1.807, 2.05) is 30.0 Å². The molecule has 0 N–H and O–H groups in total. The number of rotatable bonds is 3. The molecule has 0 saturated carbocycles. The Morgan fingerprint density at radius 3 is 3.24 bits per heavy atom. The maximum atomic E-state index is 5.27. The van der Waals surface area contributed by atoms with Crippen molar-refractivity contribution in [3.05, 3.63) is 24.0 Å². The second-order valence-corrected chi connectivity index (χ2v) is 5.61. The molecule has 0 radical (unpaired) electrons. The van der Waals surface area contributed by atoms with Crippen LogP contribution in [0.4, 0.5) is 0 Å². The van der Waals surface area contributed by atoms with E-state index in [0.29, 0.717) is 5.25 Å². The van der Waals surface area contributed by atoms with Gasteiger partial charge >= 0.3 is 0 Å². The van der Waals surface area contributed by atoms with Gasteiger partial charge in [0.25, 0.3) is 0 Å². The number of fused-ring (bicyclic) bond motifs is 1. The zero-order valence-corrected chi connectivity index (χ0v) is 10.6. The van der Waals surface area contributed by atoms with Gasteiger partial charge in [-0.2, -0.15) is 16.3 Å². The number of hydrogen-bond donors (Lipinski definition) is 0. The smallest absolute Gasteiger partial charge is 0.216 e. The summed E-state index contributed by atoms with van der Waals surface area (Å²) in [5, 5.41) is 5.21. The Hall–Kier alpha value is -1.23. The molecule has 0 spiro atoms. The number of nitrogens with zero attached hydrogens (tertiary/aromatic N) is 3. The molecule has 2 aromatic rings. The molecule has 1 saturated heterocycles. The van der Waals surface area contributed by atoms with Crippen LogP contribution in [0.3, 0.4) is 0 Å². The van der Waals surface area contributed by atoms with E-state index in [1.165, 1.54) is 18.6 Å². The average molecular weight is 249 g/mol. The number of hydrogen-bond acceptors (Lipinski definition) is 4. The molecule has 0 aromatic carbocycles. The van der Waals surface area contributed by atoms with Crippen molar-refractivity contribution in [1.82, 2.24) is 14.6 Å². The monoisotopic (exact) mass is 249 g/mol. The van der Waals surface area contributed by atoms with Crippen LogP contribution in [0, 0.1) is 0 Å². The molecule has 5 heteroatoms. The molecule has 0 aliphatic carbocycles. The second kappa shape index (κ2) is 4.56. The van der Waals surface area contributed by atoms with Crippen LogP contribution in [-0.4, -0.2) is 32.7 Å². The van der Waals surface area contributed by atoms with E-state index in [0.717, 1.165) is 23.8 Å². The van der Waals surface area contributed by atoms with Gasteiger partial charge < -0.3 is 4.74 Å². The Balaban J connectivity index is 1.90. The van der Waals surface area contributed by atoms with Crippen LogP contribution in [-0.2, 0) is 6.42 Å². The number of methoxy groups -OCH3 is 1. The molecule has 1 aliphatic rings. The normalized spacial score (nSPS) is 19.9. The van der Waals surface area contributed by atoms with E-state index in [4.69, 9.17) is 4.74 Å². The van der Waals surface area contributed by atoms with Gasteiger partial charge in [0, 0.05) is 17.7 Å². The van der Waals surface area contributed by atoms with Crippen molar-refractivity contribution >= 4 is 17.4 Å². The first-order chi connectivity index (χ1) is 8.36. The van der Waals surface area contributed by atoms with Crippen molar-refractivity contribution in [3.63, 3.8) is 0 Å². The summed E-state index contributed by atoms with van der Waals surface area (Å²) >= 11 is 2.04. The highest BCUT2D eigenvalue weighted by Crippen LogP contribution is 2.28. The third-order valence-corrected chi connectivity index (χ3v) is 4.41. The van der Waals surface area contributed by atoms with E-state index in [2.05, 4.69) is 10.1 Å². The van der Waals surface area contributed by atoms with Gasteiger partial charge in [-0.05, 0) is 24.7 Å². The topological polar surface area (TPSA) is 39.4 Å². The lowest BCUT2D eigenvalue weighted by molar-refractivity contribution is 0.385. The summed E-state index contributed by atoms with van der Waals surface area (Å²) in [7, 11) is 1.66. The van der Waals surface area contributed by atoms with Gasteiger partial charge in [-0.1, -0.05) is 6.07 Å². The minimum Gasteiger partial charge on any atom is -0.481 e. The zero-order valence-electron chi connectivity index (χ0n) is 9.80. The minimum atomic E-state index is 0.693. The van der Waals surface area contributed by atoms with Crippen molar-refractivity contribution in [3.8, 4) is 5.88 Å². The molecule has 3 rings (SSSR count). The summed E-state index contributed by atoms with van der Waals surface area (Å²) in [4.78, 5) is 4.54. The highest BCUT2D eigenvalue weighted by atomic mass is 32.2. The first-order valence-electron chi connectivity index (χ1n) is 5.87. The van der Waals surface area contributed by atoms with E-state index in [9.17, 15) is 0 Å². The third-order valence-electron chi connectivity index (χ3n) is 3.01. The third kappa shape index (κ3) is 2.11. The van der Waals surface area contributed by atoms with Gasteiger partial charge in [0.15, 0.2) is 11.5 Å². The van der Waals surface area contributed by atoms with Crippen LogP contribution in [0.2, 0.25) is 0 Å². The van der Waals surface area contributed by atoms with Crippen LogP contribution >= 0.6 is 11.8 Å². The minimum absolute atomic E-state index is 0.693. The molecule has 3 heterocycles. The summed E-state index contributed by atoms with van der Waals surface area (Å²) in [6, 6.07) is 5.80. The maximum absolute atomic E-state index is 5.27. The lowest BCUT2D eigenvalue weighted by atomic mass is 10.2. The standard InChI is InChI=1S/C12H15N3OS/c1-16-12-6-2-5-11-13-10(14-15(11)12)8-9-4-3-7-17-9/h2,5-6,9H,3-4,7-8H2,1H3. The van der Waals surface area contributed by atoms with E-state index in [-0.39, 0.29) is 0 Å². The van der Waals surface area contributed by atoms with E-state index < -0.39 is 0 Å². The number of pyridine rings is 1. The van der Waals surface area contributed by atoms with Crippen LogP contribution in [0.5, 0.6) is 5.88 Å². The summed E-state index contributed by atoms with van der Waals surface area (Å²) < 4.78 is 7.04. The summed E-state index contributed by atoms with van der Waals surface area (Å²) in [5.74, 6) is 2.94. The predicted molar refractivity (Wildman–Crippen MR) is 68.7 cm³/mol. The van der Waals surface area contributed by atoms with Gasteiger partial charge in [-0.3, -0.25) is 0 Å². The van der Waals surface area contributed by atoms with E-state index >= 15 is 0 Å². The second-order valence-electron chi connectivity index (χ2n) is 4.21. The van der Waals surface area contributed by atoms with Crippen LogP contribution < -0.4 is 4.74 Å². The zero-order chi connectivity index (χ0) is 11.7. The van der Waals surface area contributed by atoms with Gasteiger partial charge in [-0.15, -0.1) is 5.10 Å². The molecule has 4 nitrogen and oxygen atoms in total. The Bertz CT molecular complexity index is 519. The van der Waals surface area contributed by atoms with Gasteiger partial charge in [0.05, 0.1) is 7.11 Å². The molecular weight excluding hydrogens is 234 g/mol. The van der Waals surface area contributed by atoms with E-state index in [1.54, 1.807) is 11.6 Å². The highest BCUT2D eigenvalue weighted by Gasteiger charge is 2.18. The van der Waals surface area contributed by atoms with Gasteiger partial charge in [0.1, 0.15) is 0 Å². The molecule has 17 heavy (non-hydrogen) atoms. The first kappa shape index (κ1) is 10.9. The summed E-state index contributed by atoms with van der Waals surface area (Å²) in [5.41, 5.74) is 0.863. The number of ether oxygens (including phenoxy) is 1. The fourth-order valence-corrected chi connectivity index (χ4v) is 3.44. The largest absolute Gasteiger partial charge is 0.481 e. The number of aromatic nitrogens is 3. The summed E-state index contributed by atoms with van der Waals surface area (Å²) in [6.07, 6.45) is 3.58. The van der Waals surface area contributed by atoms with Crippen molar-refractivity contribution in [2.45, 2.75) is 24.5 Å². The SMILES string of the molecule is COc1cccc2nc(CC3CCCS3)nn12. The molecular formula is C12H15N3OS. The van der Waals surface area contributed by atoms with Crippen molar-refractivity contribution in [2.24, 2.45) is 0 Å². The lowest BCUT2D eigenvalue weighted by Gasteiger charge is -2.03. The molecule has 2 aromatic heterocycles. The molecule has 0 amide bonds. The fraction of sp³-hybridized carbons (Fsp3) is 0.500. The Morgan fingerprint density at radius 1 is 1.53 bits per heavy atom. The van der Waals surface area contributed by atoms with Crippen LogP contribution in [0.1, 0.15) is 18.7 Å². The predicted octanol–water partition coefficient (Wildman–Crippen LogP) is 2.18. The lowest BCUT2D eigenvalue weighted by Crippen LogP contribution is -2.04. The van der Waals surface area contributed by atoms with Crippen molar-refractivity contribution in [1.29, 1.82) is 0 Å². The Morgan fingerprint density at radius 2 is 2.47 bits per heavy atom. The molecule has 0 bridgehead atoms. The van der Waals surface area contributed by atoms with Crippen molar-refractivity contribution < 1.29 is 4.74 Å². The number of thioether (sulfide) groups is 1. The van der Waals surface area contributed by atoms with Crippen molar-refractivity contribution in [2.75, 3.05) is 12.9 Å². The fourth-order valence-electron chi connectivity index (χ4n) is 2.18. The maximum Gasteiger partial charge on any atom is 0.216 e. The quantitative estimate of drug-likeness (QED) is 0.836. The van der Waals surface area contributed by atoms with Gasteiger partial charge in [0.2, 0.25) is 5.88 Å². The van der Waals surface area contributed by atoms with Crippen LogP contribution in [0.25, 0.3) is 5.65 Å². The molecule has 1 atom stereocenters. The van der Waals surface area contributed by atoms with Gasteiger partial charge in [-0.25, -0.2) is 4.98 Å². The summed E-state index contributed by atoms with van der Waals surface area (Å²) in [6.45, 7) is 0. The van der Waals surface area contributed by atoms with Crippen LogP contribution in [0.15, 0.2) is 18.2 Å². The molecule has 1 fully saturated rings. The molecule has 1 aliphatic heterocycles. The Labute approximate surface area is 104 Å². The first-order valence-corrected chi connectivity index (χ1v) is 6.92. The highest BCUT2D eigenvalue weighted by molar-refractivity contribution is 8.00.